The first-order chi connectivity index (χ1) is 11.4. The Morgan fingerprint density at radius 3 is 2.46 bits per heavy atom. The predicted molar refractivity (Wildman–Crippen MR) is 97.9 cm³/mol. The molecular formula is C19H17ClN2O2. The molecule has 0 aliphatic heterocycles. The van der Waals surface area contributed by atoms with E-state index in [9.17, 15) is 10.2 Å². The summed E-state index contributed by atoms with van der Waals surface area (Å²) in [7, 11) is 3.78. The normalized spacial score (nSPS) is 11.7. The summed E-state index contributed by atoms with van der Waals surface area (Å²) in [6.07, 6.45) is 1.63. The molecule has 0 fully saturated rings. The van der Waals surface area contributed by atoms with Crippen LogP contribution in [-0.4, -0.2) is 19.3 Å². The Morgan fingerprint density at radius 1 is 1.00 bits per heavy atom. The van der Waals surface area contributed by atoms with Crippen LogP contribution in [0.15, 0.2) is 36.5 Å². The van der Waals surface area contributed by atoms with E-state index in [0.29, 0.717) is 16.1 Å². The first-order valence-electron chi connectivity index (χ1n) is 7.65. The van der Waals surface area contributed by atoms with Gasteiger partial charge in [0, 0.05) is 31.2 Å². The number of hydrogen-bond acceptors (Lipinski definition) is 2. The van der Waals surface area contributed by atoms with E-state index < -0.39 is 0 Å². The molecule has 4 rings (SSSR count). The highest BCUT2D eigenvalue weighted by atomic mass is 35.5. The van der Waals surface area contributed by atoms with Crippen molar-refractivity contribution in [3.8, 4) is 22.8 Å². The van der Waals surface area contributed by atoms with Gasteiger partial charge in [-0.25, -0.2) is 0 Å². The largest absolute Gasteiger partial charge is 0.506 e. The number of halogens is 1. The van der Waals surface area contributed by atoms with Gasteiger partial charge in [-0.15, -0.1) is 0 Å². The van der Waals surface area contributed by atoms with Gasteiger partial charge in [-0.2, -0.15) is 0 Å². The average molecular weight is 341 g/mol. The van der Waals surface area contributed by atoms with Crippen molar-refractivity contribution in [3.05, 3.63) is 47.1 Å². The summed E-state index contributed by atoms with van der Waals surface area (Å²) in [6.45, 7) is 1.98. The fourth-order valence-electron chi connectivity index (χ4n) is 3.55. The maximum Gasteiger partial charge on any atom is 0.149 e. The monoisotopic (exact) mass is 340 g/mol. The minimum Gasteiger partial charge on any atom is -0.506 e. The SMILES string of the molecule is Cc1cccc2c1c(O)c(-c1cc(Cl)c3c(O)cn(C)c3c1)n2C. The number of aromatic hydroxyl groups is 2. The standard InChI is InChI=1S/C19H17ClN2O2/c1-10-5-4-6-13-16(10)19(24)18(22(13)3)11-7-12(20)17-14(8-11)21(2)9-15(17)23/h4-9,23-24H,1-3H3. The number of aryl methyl sites for hydroxylation is 3. The highest BCUT2D eigenvalue weighted by molar-refractivity contribution is 6.36. The Hall–Kier alpha value is -2.59. The Balaban J connectivity index is 2.10. The van der Waals surface area contributed by atoms with Gasteiger partial charge in [0.25, 0.3) is 0 Å². The van der Waals surface area contributed by atoms with Crippen LogP contribution in [-0.2, 0) is 14.1 Å². The number of aromatic nitrogens is 2. The van der Waals surface area contributed by atoms with E-state index in [0.717, 1.165) is 27.5 Å². The quantitative estimate of drug-likeness (QED) is 0.527. The lowest BCUT2D eigenvalue weighted by molar-refractivity contribution is 0.479. The molecule has 0 spiro atoms. The third-order valence-electron chi connectivity index (χ3n) is 4.70. The molecule has 0 amide bonds. The highest BCUT2D eigenvalue weighted by Crippen LogP contribution is 2.43. The van der Waals surface area contributed by atoms with E-state index in [1.165, 1.54) is 0 Å². The van der Waals surface area contributed by atoms with Crippen molar-refractivity contribution >= 4 is 33.4 Å². The molecule has 0 aliphatic rings. The van der Waals surface area contributed by atoms with E-state index in [-0.39, 0.29) is 11.5 Å². The minimum atomic E-state index is 0.154. The van der Waals surface area contributed by atoms with Crippen molar-refractivity contribution < 1.29 is 10.2 Å². The lowest BCUT2D eigenvalue weighted by Crippen LogP contribution is -1.93. The molecule has 2 aromatic heterocycles. The van der Waals surface area contributed by atoms with Crippen molar-refractivity contribution in [1.82, 2.24) is 9.13 Å². The second-order valence-corrected chi connectivity index (χ2v) is 6.61. The van der Waals surface area contributed by atoms with Gasteiger partial charge in [0.05, 0.1) is 27.1 Å². The Morgan fingerprint density at radius 2 is 1.75 bits per heavy atom. The van der Waals surface area contributed by atoms with Gasteiger partial charge in [0.2, 0.25) is 0 Å². The molecule has 2 aromatic carbocycles. The fraction of sp³-hybridized carbons (Fsp3) is 0.158. The number of benzene rings is 2. The maximum absolute atomic E-state index is 10.8. The van der Waals surface area contributed by atoms with Crippen LogP contribution >= 0.6 is 11.6 Å². The zero-order chi connectivity index (χ0) is 17.2. The highest BCUT2D eigenvalue weighted by Gasteiger charge is 2.20. The third-order valence-corrected chi connectivity index (χ3v) is 5.00. The Labute approximate surface area is 144 Å². The topological polar surface area (TPSA) is 50.3 Å². The van der Waals surface area contributed by atoms with E-state index >= 15 is 0 Å². The summed E-state index contributed by atoms with van der Waals surface area (Å²) < 4.78 is 3.79. The smallest absolute Gasteiger partial charge is 0.149 e. The van der Waals surface area contributed by atoms with E-state index in [2.05, 4.69) is 0 Å². The molecule has 24 heavy (non-hydrogen) atoms. The van der Waals surface area contributed by atoms with Gasteiger partial charge < -0.3 is 19.3 Å². The van der Waals surface area contributed by atoms with Crippen LogP contribution in [0.25, 0.3) is 33.1 Å². The first-order valence-corrected chi connectivity index (χ1v) is 8.02. The predicted octanol–water partition coefficient (Wildman–Crippen LogP) is 4.71. The van der Waals surface area contributed by atoms with Crippen LogP contribution in [0.1, 0.15) is 5.56 Å². The molecular weight excluding hydrogens is 324 g/mol. The van der Waals surface area contributed by atoms with Gasteiger partial charge in [-0.3, -0.25) is 0 Å². The van der Waals surface area contributed by atoms with Crippen molar-refractivity contribution in [2.45, 2.75) is 6.92 Å². The van der Waals surface area contributed by atoms with Crippen molar-refractivity contribution in [2.24, 2.45) is 14.1 Å². The molecule has 0 aliphatic carbocycles. The van der Waals surface area contributed by atoms with Crippen molar-refractivity contribution in [3.63, 3.8) is 0 Å². The fourth-order valence-corrected chi connectivity index (χ4v) is 3.86. The lowest BCUT2D eigenvalue weighted by Gasteiger charge is -2.08. The molecule has 0 saturated heterocycles. The van der Waals surface area contributed by atoms with E-state index in [4.69, 9.17) is 11.6 Å². The summed E-state index contributed by atoms with van der Waals surface area (Å²) in [6, 6.07) is 9.67. The van der Waals surface area contributed by atoms with Crippen LogP contribution < -0.4 is 0 Å². The summed E-state index contributed by atoms with van der Waals surface area (Å²) in [4.78, 5) is 0. The van der Waals surface area contributed by atoms with Gasteiger partial charge in [-0.05, 0) is 30.7 Å². The zero-order valence-electron chi connectivity index (χ0n) is 13.6. The molecule has 0 bridgehead atoms. The molecule has 4 aromatic rings. The molecule has 0 radical (unpaired) electrons. The second kappa shape index (κ2) is 4.95. The van der Waals surface area contributed by atoms with Gasteiger partial charge in [-0.1, -0.05) is 23.7 Å². The van der Waals surface area contributed by atoms with Crippen molar-refractivity contribution in [2.75, 3.05) is 0 Å². The lowest BCUT2D eigenvalue weighted by atomic mass is 10.1. The number of hydrogen-bond donors (Lipinski definition) is 2. The molecule has 2 heterocycles. The van der Waals surface area contributed by atoms with Gasteiger partial charge in [0.15, 0.2) is 0 Å². The zero-order valence-corrected chi connectivity index (χ0v) is 14.4. The van der Waals surface area contributed by atoms with E-state index in [1.807, 2.05) is 54.4 Å². The van der Waals surface area contributed by atoms with Gasteiger partial charge >= 0.3 is 0 Å². The second-order valence-electron chi connectivity index (χ2n) is 6.20. The maximum atomic E-state index is 10.8. The average Bonchev–Trinajstić information content (AvgIpc) is 2.95. The van der Waals surface area contributed by atoms with Gasteiger partial charge in [0.1, 0.15) is 11.5 Å². The number of rotatable bonds is 1. The summed E-state index contributed by atoms with van der Waals surface area (Å²) in [5, 5.41) is 22.8. The molecule has 4 nitrogen and oxygen atoms in total. The summed E-state index contributed by atoms with van der Waals surface area (Å²) >= 11 is 6.40. The van der Waals surface area contributed by atoms with E-state index in [1.54, 1.807) is 12.3 Å². The number of nitrogens with zero attached hydrogens (tertiary/aromatic N) is 2. The summed E-state index contributed by atoms with van der Waals surface area (Å²) in [5.74, 6) is 0.403. The molecule has 122 valence electrons. The molecule has 0 unspecified atom stereocenters. The Kier molecular flexibility index (Phi) is 3.09. The first kappa shape index (κ1) is 15.0. The van der Waals surface area contributed by atoms with Crippen LogP contribution in [0.5, 0.6) is 11.5 Å². The van der Waals surface area contributed by atoms with Crippen molar-refractivity contribution in [1.29, 1.82) is 0 Å². The minimum absolute atomic E-state index is 0.154. The van der Waals surface area contributed by atoms with Crippen LogP contribution in [0, 0.1) is 6.92 Å². The molecule has 2 N–H and O–H groups in total. The molecule has 0 saturated carbocycles. The number of fused-ring (bicyclic) bond motifs is 2. The Bertz CT molecular complexity index is 1120. The third kappa shape index (κ3) is 1.86. The molecule has 5 heteroatoms. The van der Waals surface area contributed by atoms with Crippen LogP contribution in [0.3, 0.4) is 0 Å². The van der Waals surface area contributed by atoms with Crippen LogP contribution in [0.2, 0.25) is 5.02 Å². The summed E-state index contributed by atoms with van der Waals surface area (Å²) in [5.41, 5.74) is 4.33. The molecule has 0 atom stereocenters. The van der Waals surface area contributed by atoms with Crippen LogP contribution in [0.4, 0.5) is 0 Å².